The summed E-state index contributed by atoms with van der Waals surface area (Å²) >= 11 is 0. The molecule has 0 fully saturated rings. The van der Waals surface area contributed by atoms with Gasteiger partial charge >= 0.3 is 0 Å². The Kier molecular flexibility index (Phi) is 7.48. The first-order valence-corrected chi connectivity index (χ1v) is 17.3. The monoisotopic (exact) mass is 705 g/mol. The number of carbonyl (C=O) groups is 1. The molecule has 0 aliphatic carbocycles. The van der Waals surface area contributed by atoms with E-state index < -0.39 is 21.6 Å². The third-order valence-electron chi connectivity index (χ3n) is 8.32. The van der Waals surface area contributed by atoms with E-state index >= 15 is 4.39 Å². The number of benzene rings is 2. The molecule has 14 nitrogen and oxygen atoms in total. The number of imidazole rings is 2. The van der Waals surface area contributed by atoms with Gasteiger partial charge in [0.2, 0.25) is 15.7 Å². The third-order valence-corrected chi connectivity index (χ3v) is 9.17. The number of carbonyl (C=O) groups excluding carboxylic acids is 1. The van der Waals surface area contributed by atoms with E-state index in [1.807, 2.05) is 24.3 Å². The molecular weight excluding hydrogens is 681 g/mol. The Morgan fingerprint density at radius 2 is 1.37 bits per heavy atom. The molecule has 51 heavy (non-hydrogen) atoms. The molecule has 0 aliphatic rings. The van der Waals surface area contributed by atoms with Crippen molar-refractivity contribution < 1.29 is 22.0 Å². The fourth-order valence-electron chi connectivity index (χ4n) is 5.90. The number of aromatic amines is 2. The molecule has 1 amide bonds. The lowest BCUT2D eigenvalue weighted by molar-refractivity contribution is 0.0991. The van der Waals surface area contributed by atoms with Gasteiger partial charge in [0.1, 0.15) is 11.6 Å². The number of pyridine rings is 2. The van der Waals surface area contributed by atoms with Crippen LogP contribution in [0.25, 0.3) is 45.5 Å². The Balaban J connectivity index is 1.19. The SMILES string of the molecule is CS(=O)(=O)c1n[nH]c(-c2nc(Cc3cc(-c4ccn5c(-c6nc(C(N)=O)n[nH]6)nc(Cc6ccccc6F)c5c4)ccc3F)c3ccccn23)n1. The summed E-state index contributed by atoms with van der Waals surface area (Å²) in [6, 6.07) is 20.3. The highest BCUT2D eigenvalue weighted by Gasteiger charge is 2.22. The molecule has 8 aromatic rings. The minimum absolute atomic E-state index is 0.103. The molecule has 4 N–H and O–H groups in total. The quantitative estimate of drug-likeness (QED) is 0.197. The van der Waals surface area contributed by atoms with E-state index in [9.17, 15) is 17.6 Å². The second-order valence-corrected chi connectivity index (χ2v) is 13.7. The van der Waals surface area contributed by atoms with Crippen molar-refractivity contribution in [3.8, 4) is 34.4 Å². The summed E-state index contributed by atoms with van der Waals surface area (Å²) in [6.07, 6.45) is 4.77. The minimum Gasteiger partial charge on any atom is -0.363 e. The van der Waals surface area contributed by atoms with Crippen LogP contribution in [0.4, 0.5) is 8.78 Å². The summed E-state index contributed by atoms with van der Waals surface area (Å²) in [4.78, 5) is 29.4. The number of H-pyrrole nitrogens is 2. The second kappa shape index (κ2) is 12.1. The molecule has 0 radical (unpaired) electrons. The molecule has 0 aliphatic heterocycles. The molecule has 0 saturated carbocycles. The van der Waals surface area contributed by atoms with Gasteiger partial charge in [0.05, 0.1) is 22.4 Å². The molecule has 0 bridgehead atoms. The molecule has 0 atom stereocenters. The van der Waals surface area contributed by atoms with Crippen LogP contribution in [0.2, 0.25) is 0 Å². The van der Waals surface area contributed by atoms with Crippen molar-refractivity contribution >= 4 is 26.8 Å². The summed E-state index contributed by atoms with van der Waals surface area (Å²) in [7, 11) is -3.66. The van der Waals surface area contributed by atoms with Crippen LogP contribution in [-0.4, -0.2) is 69.7 Å². The first kappa shape index (κ1) is 31.6. The van der Waals surface area contributed by atoms with Crippen LogP contribution in [0, 0.1) is 11.6 Å². The second-order valence-electron chi connectivity index (χ2n) is 11.8. The number of fused-ring (bicyclic) bond motifs is 2. The highest BCUT2D eigenvalue weighted by atomic mass is 32.2. The van der Waals surface area contributed by atoms with E-state index in [1.54, 1.807) is 57.6 Å². The molecule has 17 heteroatoms. The number of hydrogen-bond donors (Lipinski definition) is 3. The molecule has 2 aromatic carbocycles. The van der Waals surface area contributed by atoms with Gasteiger partial charge in [0.15, 0.2) is 23.3 Å². The van der Waals surface area contributed by atoms with Crippen molar-refractivity contribution in [2.24, 2.45) is 5.73 Å². The highest BCUT2D eigenvalue weighted by Crippen LogP contribution is 2.31. The van der Waals surface area contributed by atoms with Crippen molar-refractivity contribution in [2.45, 2.75) is 18.0 Å². The lowest BCUT2D eigenvalue weighted by Crippen LogP contribution is -2.12. The fraction of sp³-hybridized carbons (Fsp3) is 0.0882. The van der Waals surface area contributed by atoms with E-state index in [2.05, 4.69) is 30.4 Å². The Hall–Kier alpha value is -6.62. The van der Waals surface area contributed by atoms with Crippen molar-refractivity contribution in [2.75, 3.05) is 6.26 Å². The van der Waals surface area contributed by atoms with Crippen molar-refractivity contribution in [3.05, 3.63) is 125 Å². The van der Waals surface area contributed by atoms with Gasteiger partial charge in [-0.15, -0.1) is 10.2 Å². The predicted molar refractivity (Wildman–Crippen MR) is 180 cm³/mol. The number of nitrogens with one attached hydrogen (secondary N) is 2. The standard InChI is InChI=1S/C34H25F2N11O3S/c1-51(49,50)34-41-31(44-45-34)33-38-24(26-8-4-5-12-46(26)33)16-21-14-18(9-10-23(21)36)19-11-13-47-27(17-19)25(15-20-6-2-3-7-22(20)35)39-32(47)30-40-29(28(37)48)42-43-30/h2-14,17H,15-16H2,1H3,(H2,37,48)(H,40,42,43)(H,41,44,45). The summed E-state index contributed by atoms with van der Waals surface area (Å²) < 4.78 is 57.7. The maximum Gasteiger partial charge on any atom is 0.288 e. The molecule has 254 valence electrons. The number of sulfone groups is 1. The zero-order chi connectivity index (χ0) is 35.4. The Bertz CT molecular complexity index is 2770. The van der Waals surface area contributed by atoms with Crippen LogP contribution in [0.1, 0.15) is 33.1 Å². The van der Waals surface area contributed by atoms with E-state index in [-0.39, 0.29) is 41.3 Å². The Morgan fingerprint density at radius 3 is 2.10 bits per heavy atom. The van der Waals surface area contributed by atoms with Crippen LogP contribution < -0.4 is 5.73 Å². The molecule has 0 spiro atoms. The zero-order valence-corrected chi connectivity index (χ0v) is 27.4. The number of nitrogens with two attached hydrogens (primary N) is 1. The van der Waals surface area contributed by atoms with Crippen LogP contribution >= 0.6 is 0 Å². The molecule has 8 rings (SSSR count). The maximum atomic E-state index is 15.5. The smallest absolute Gasteiger partial charge is 0.288 e. The molecular formula is C34H25F2N11O3S. The van der Waals surface area contributed by atoms with Gasteiger partial charge in [0, 0.05) is 31.5 Å². The normalized spacial score (nSPS) is 11.9. The lowest BCUT2D eigenvalue weighted by Gasteiger charge is -2.09. The first-order valence-electron chi connectivity index (χ1n) is 15.4. The van der Waals surface area contributed by atoms with E-state index in [0.717, 1.165) is 11.8 Å². The van der Waals surface area contributed by atoms with Gasteiger partial charge in [-0.25, -0.2) is 27.2 Å². The first-order chi connectivity index (χ1) is 24.5. The topological polar surface area (TPSA) is 195 Å². The predicted octanol–water partition coefficient (Wildman–Crippen LogP) is 4.18. The number of halogens is 2. The van der Waals surface area contributed by atoms with E-state index in [4.69, 9.17) is 15.7 Å². The average molecular weight is 706 g/mol. The number of amides is 1. The number of nitrogens with zero attached hydrogens (tertiary/aromatic N) is 8. The highest BCUT2D eigenvalue weighted by molar-refractivity contribution is 7.90. The van der Waals surface area contributed by atoms with Crippen LogP contribution in [0.3, 0.4) is 0 Å². The summed E-state index contributed by atoms with van der Waals surface area (Å²) in [5.41, 5.74) is 9.93. The largest absolute Gasteiger partial charge is 0.363 e. The zero-order valence-electron chi connectivity index (χ0n) is 26.5. The maximum absolute atomic E-state index is 15.5. The lowest BCUT2D eigenvalue weighted by atomic mass is 10.00. The van der Waals surface area contributed by atoms with Crippen LogP contribution in [0.15, 0.2) is 90.3 Å². The molecule has 6 aromatic heterocycles. The van der Waals surface area contributed by atoms with Gasteiger partial charge in [-0.05, 0) is 64.7 Å². The minimum atomic E-state index is -3.66. The van der Waals surface area contributed by atoms with Gasteiger partial charge in [-0.1, -0.05) is 30.3 Å². The van der Waals surface area contributed by atoms with Gasteiger partial charge in [0.25, 0.3) is 11.1 Å². The molecule has 0 unspecified atom stereocenters. The number of primary amides is 1. The van der Waals surface area contributed by atoms with Crippen LogP contribution in [-0.2, 0) is 22.7 Å². The number of hydrogen-bond acceptors (Lipinski definition) is 9. The Morgan fingerprint density at radius 1 is 0.725 bits per heavy atom. The summed E-state index contributed by atoms with van der Waals surface area (Å²) in [5, 5.41) is 12.7. The number of aromatic nitrogens is 10. The third kappa shape index (κ3) is 5.78. The van der Waals surface area contributed by atoms with Gasteiger partial charge in [-0.2, -0.15) is 9.97 Å². The van der Waals surface area contributed by atoms with Gasteiger partial charge < -0.3 is 5.73 Å². The van der Waals surface area contributed by atoms with Crippen molar-refractivity contribution in [1.29, 1.82) is 0 Å². The van der Waals surface area contributed by atoms with Crippen LogP contribution in [0.5, 0.6) is 0 Å². The van der Waals surface area contributed by atoms with E-state index in [1.165, 1.54) is 12.1 Å². The fourth-order valence-corrected chi connectivity index (χ4v) is 6.37. The van der Waals surface area contributed by atoms with Crippen molar-refractivity contribution in [1.82, 2.24) is 49.1 Å². The van der Waals surface area contributed by atoms with Gasteiger partial charge in [-0.3, -0.25) is 23.8 Å². The average Bonchev–Trinajstić information content (AvgIpc) is 3.92. The summed E-state index contributed by atoms with van der Waals surface area (Å²) in [5.74, 6) is -0.848. The van der Waals surface area contributed by atoms with Crippen molar-refractivity contribution in [3.63, 3.8) is 0 Å². The van der Waals surface area contributed by atoms with E-state index in [0.29, 0.717) is 50.8 Å². The Labute approximate surface area is 287 Å². The molecule has 6 heterocycles. The number of rotatable bonds is 9. The molecule has 0 saturated heterocycles. The summed E-state index contributed by atoms with van der Waals surface area (Å²) in [6.45, 7) is 0.